The van der Waals surface area contributed by atoms with Crippen LogP contribution in [0.3, 0.4) is 0 Å². The van der Waals surface area contributed by atoms with Crippen molar-refractivity contribution in [2.24, 2.45) is 0 Å². The molecule has 0 radical (unpaired) electrons. The molecule has 1 aromatic carbocycles. The fourth-order valence-electron chi connectivity index (χ4n) is 1.34. The molecule has 1 aromatic rings. The maximum absolute atomic E-state index is 13.0. The summed E-state index contributed by atoms with van der Waals surface area (Å²) in [6.45, 7) is 3.89. The van der Waals surface area contributed by atoms with Crippen LogP contribution in [-0.2, 0) is 9.53 Å². The van der Waals surface area contributed by atoms with Crippen LogP contribution < -0.4 is 5.32 Å². The van der Waals surface area contributed by atoms with Crippen molar-refractivity contribution in [2.75, 3.05) is 13.2 Å². The summed E-state index contributed by atoms with van der Waals surface area (Å²) in [6.07, 6.45) is 0. The number of amides is 1. The molecule has 1 N–H and O–H groups in total. The molecular formula is C12H15F2NO2. The van der Waals surface area contributed by atoms with Gasteiger partial charge in [-0.25, -0.2) is 8.78 Å². The Kier molecular flexibility index (Phi) is 5.03. The van der Waals surface area contributed by atoms with Crippen LogP contribution in [0.25, 0.3) is 0 Å². The molecular weight excluding hydrogens is 228 g/mol. The van der Waals surface area contributed by atoms with E-state index >= 15 is 0 Å². The summed E-state index contributed by atoms with van der Waals surface area (Å²) < 4.78 is 30.6. The second-order valence-corrected chi connectivity index (χ2v) is 3.60. The van der Waals surface area contributed by atoms with E-state index in [-0.39, 0.29) is 12.5 Å². The third-order valence-corrected chi connectivity index (χ3v) is 2.26. The second-order valence-electron chi connectivity index (χ2n) is 3.60. The largest absolute Gasteiger partial charge is 0.372 e. The summed E-state index contributed by atoms with van der Waals surface area (Å²) in [5, 5.41) is 2.62. The Morgan fingerprint density at radius 2 is 2.12 bits per heavy atom. The number of ether oxygens (including phenoxy) is 1. The number of carbonyl (C=O) groups excluding carboxylic acids is 1. The van der Waals surface area contributed by atoms with E-state index in [0.29, 0.717) is 12.2 Å². The number of hydrogen-bond acceptors (Lipinski definition) is 2. The Morgan fingerprint density at radius 1 is 1.41 bits per heavy atom. The molecule has 3 nitrogen and oxygen atoms in total. The summed E-state index contributed by atoms with van der Waals surface area (Å²) in [4.78, 5) is 11.3. The maximum atomic E-state index is 13.0. The lowest BCUT2D eigenvalue weighted by molar-refractivity contribution is -0.126. The highest BCUT2D eigenvalue weighted by Crippen LogP contribution is 2.15. The second kappa shape index (κ2) is 6.30. The molecule has 0 aliphatic heterocycles. The molecule has 0 heterocycles. The van der Waals surface area contributed by atoms with Gasteiger partial charge in [0.25, 0.3) is 0 Å². The molecule has 5 heteroatoms. The molecule has 0 aromatic heterocycles. The van der Waals surface area contributed by atoms with Crippen LogP contribution in [-0.4, -0.2) is 19.1 Å². The maximum Gasteiger partial charge on any atom is 0.246 e. The molecule has 0 fully saturated rings. The van der Waals surface area contributed by atoms with E-state index in [2.05, 4.69) is 5.32 Å². The Balaban J connectivity index is 2.60. The normalized spacial score (nSPS) is 12.2. The van der Waals surface area contributed by atoms with E-state index in [1.54, 1.807) is 13.8 Å². The molecule has 0 aliphatic carbocycles. The van der Waals surface area contributed by atoms with Gasteiger partial charge in [-0.3, -0.25) is 4.79 Å². The van der Waals surface area contributed by atoms with Gasteiger partial charge in [0.1, 0.15) is 6.61 Å². The van der Waals surface area contributed by atoms with Crippen LogP contribution >= 0.6 is 0 Å². The molecule has 0 spiro atoms. The molecule has 17 heavy (non-hydrogen) atoms. The summed E-state index contributed by atoms with van der Waals surface area (Å²) in [5.41, 5.74) is 0.508. The first kappa shape index (κ1) is 13.6. The van der Waals surface area contributed by atoms with Gasteiger partial charge in [-0.1, -0.05) is 6.07 Å². The van der Waals surface area contributed by atoms with Gasteiger partial charge < -0.3 is 10.1 Å². The van der Waals surface area contributed by atoms with Crippen LogP contribution in [0.4, 0.5) is 8.78 Å². The van der Waals surface area contributed by atoms with Gasteiger partial charge in [0, 0.05) is 6.61 Å². The van der Waals surface area contributed by atoms with E-state index < -0.39 is 17.7 Å². The lowest BCUT2D eigenvalue weighted by Gasteiger charge is -2.14. The molecule has 1 atom stereocenters. The van der Waals surface area contributed by atoms with Gasteiger partial charge in [0.2, 0.25) is 5.91 Å². The van der Waals surface area contributed by atoms with E-state index in [0.717, 1.165) is 12.1 Å². The summed E-state index contributed by atoms with van der Waals surface area (Å²) in [5.74, 6) is -2.11. The van der Waals surface area contributed by atoms with E-state index in [4.69, 9.17) is 4.74 Å². The summed E-state index contributed by atoms with van der Waals surface area (Å²) in [6, 6.07) is 3.15. The van der Waals surface area contributed by atoms with E-state index in [9.17, 15) is 13.6 Å². The summed E-state index contributed by atoms with van der Waals surface area (Å²) in [7, 11) is 0. The molecule has 1 rings (SSSR count). The number of hydrogen-bond donors (Lipinski definition) is 1. The molecule has 1 amide bonds. The van der Waals surface area contributed by atoms with Gasteiger partial charge in [0.15, 0.2) is 11.6 Å². The lowest BCUT2D eigenvalue weighted by Crippen LogP contribution is -2.30. The van der Waals surface area contributed by atoms with Crippen LogP contribution in [0.1, 0.15) is 25.5 Å². The Labute approximate surface area is 98.8 Å². The van der Waals surface area contributed by atoms with E-state index in [1.807, 2.05) is 0 Å². The minimum atomic E-state index is -0.923. The minimum absolute atomic E-state index is 0.0372. The minimum Gasteiger partial charge on any atom is -0.372 e. The Hall–Kier alpha value is -1.49. The Morgan fingerprint density at radius 3 is 2.71 bits per heavy atom. The van der Waals surface area contributed by atoms with E-state index in [1.165, 1.54) is 6.07 Å². The number of halogens is 2. The van der Waals surface area contributed by atoms with Gasteiger partial charge in [-0.2, -0.15) is 0 Å². The molecule has 94 valence electrons. The van der Waals surface area contributed by atoms with Gasteiger partial charge in [0.05, 0.1) is 6.04 Å². The van der Waals surface area contributed by atoms with Crippen molar-refractivity contribution in [1.29, 1.82) is 0 Å². The fraction of sp³-hybridized carbons (Fsp3) is 0.417. The van der Waals surface area contributed by atoms with Crippen molar-refractivity contribution in [1.82, 2.24) is 5.32 Å². The number of carbonyl (C=O) groups is 1. The average molecular weight is 243 g/mol. The van der Waals surface area contributed by atoms with Crippen LogP contribution in [0.2, 0.25) is 0 Å². The standard InChI is InChI=1S/C12H15F2NO2/c1-3-17-7-12(16)15-8(2)9-4-5-10(13)11(14)6-9/h4-6,8H,3,7H2,1-2H3,(H,15,16). The first-order valence-corrected chi connectivity index (χ1v) is 5.36. The summed E-state index contributed by atoms with van der Waals surface area (Å²) >= 11 is 0. The zero-order chi connectivity index (χ0) is 12.8. The van der Waals surface area contributed by atoms with Crippen LogP contribution in [0, 0.1) is 11.6 Å². The predicted molar refractivity (Wildman–Crippen MR) is 59.4 cm³/mol. The highest BCUT2D eigenvalue weighted by molar-refractivity contribution is 5.77. The number of rotatable bonds is 5. The monoisotopic (exact) mass is 243 g/mol. The molecule has 0 aliphatic rings. The molecule has 0 saturated carbocycles. The van der Waals surface area contributed by atoms with Gasteiger partial charge in [-0.15, -0.1) is 0 Å². The Bertz CT molecular complexity index is 396. The van der Waals surface area contributed by atoms with Crippen molar-refractivity contribution in [3.63, 3.8) is 0 Å². The van der Waals surface area contributed by atoms with Crippen LogP contribution in [0.5, 0.6) is 0 Å². The fourth-order valence-corrected chi connectivity index (χ4v) is 1.34. The third-order valence-electron chi connectivity index (χ3n) is 2.26. The van der Waals surface area contributed by atoms with Crippen molar-refractivity contribution in [3.05, 3.63) is 35.4 Å². The molecule has 0 saturated heterocycles. The van der Waals surface area contributed by atoms with Crippen molar-refractivity contribution < 1.29 is 18.3 Å². The smallest absolute Gasteiger partial charge is 0.246 e. The predicted octanol–water partition coefficient (Wildman–Crippen LogP) is 2.18. The highest BCUT2D eigenvalue weighted by Gasteiger charge is 2.11. The average Bonchev–Trinajstić information content (AvgIpc) is 2.30. The SMILES string of the molecule is CCOCC(=O)NC(C)c1ccc(F)c(F)c1. The third kappa shape index (κ3) is 4.11. The van der Waals surface area contributed by atoms with Crippen molar-refractivity contribution in [3.8, 4) is 0 Å². The van der Waals surface area contributed by atoms with Crippen molar-refractivity contribution in [2.45, 2.75) is 19.9 Å². The van der Waals surface area contributed by atoms with Gasteiger partial charge in [-0.05, 0) is 31.5 Å². The molecule has 0 bridgehead atoms. The first-order valence-electron chi connectivity index (χ1n) is 5.36. The topological polar surface area (TPSA) is 38.3 Å². The van der Waals surface area contributed by atoms with Gasteiger partial charge >= 0.3 is 0 Å². The highest BCUT2D eigenvalue weighted by atomic mass is 19.2. The first-order chi connectivity index (χ1) is 8.04. The number of nitrogens with one attached hydrogen (secondary N) is 1. The zero-order valence-electron chi connectivity index (χ0n) is 9.80. The van der Waals surface area contributed by atoms with Crippen molar-refractivity contribution >= 4 is 5.91 Å². The lowest BCUT2D eigenvalue weighted by atomic mass is 10.1. The molecule has 1 unspecified atom stereocenters. The van der Waals surface area contributed by atoms with Crippen LogP contribution in [0.15, 0.2) is 18.2 Å². The quantitative estimate of drug-likeness (QED) is 0.860. The number of benzene rings is 1. The zero-order valence-corrected chi connectivity index (χ0v) is 9.80.